The molecule has 0 spiro atoms. The van der Waals surface area contributed by atoms with E-state index < -0.39 is 24.0 Å². The maximum absolute atomic E-state index is 13.2. The molecule has 0 saturated carbocycles. The minimum absolute atomic E-state index is 0.0161. The lowest BCUT2D eigenvalue weighted by molar-refractivity contribution is -0.135. The summed E-state index contributed by atoms with van der Waals surface area (Å²) in [4.78, 5) is 21.8. The number of ketones is 1. The maximum atomic E-state index is 13.2. The summed E-state index contributed by atoms with van der Waals surface area (Å²) in [5, 5.41) is 8.26. The topological polar surface area (TPSA) is 54.4 Å². The van der Waals surface area contributed by atoms with Gasteiger partial charge in [0.15, 0.2) is 5.78 Å². The zero-order chi connectivity index (χ0) is 12.5. The van der Waals surface area contributed by atoms with Crippen LogP contribution in [-0.2, 0) is 4.79 Å². The van der Waals surface area contributed by atoms with E-state index in [-0.39, 0.29) is 21.2 Å². The fourth-order valence-corrected chi connectivity index (χ4v) is 1.62. The number of hydrogen-bond donors (Lipinski definition) is 1. The second kappa shape index (κ2) is 4.80. The lowest BCUT2D eigenvalue weighted by atomic mass is 10.1. The van der Waals surface area contributed by atoms with Crippen molar-refractivity contribution in [3.05, 3.63) is 33.1 Å². The molecule has 0 aliphatic heterocycles. The Morgan fingerprint density at radius 1 is 1.38 bits per heavy atom. The van der Waals surface area contributed by atoms with E-state index in [1.807, 2.05) is 0 Å². The SMILES string of the molecule is Cc1c(Cl)c(F)cc(C(=O)CC(=O)O)c1Cl. The van der Waals surface area contributed by atoms with Gasteiger partial charge in [0.05, 0.1) is 10.0 Å². The highest BCUT2D eigenvalue weighted by molar-refractivity contribution is 6.38. The molecule has 6 heteroatoms. The normalized spacial score (nSPS) is 10.2. The van der Waals surface area contributed by atoms with Crippen LogP contribution in [0.25, 0.3) is 0 Å². The Hall–Kier alpha value is -1.13. The smallest absolute Gasteiger partial charge is 0.311 e. The molecule has 0 heterocycles. The first-order chi connectivity index (χ1) is 7.34. The van der Waals surface area contributed by atoms with Gasteiger partial charge in [0, 0.05) is 5.56 Å². The molecule has 0 bridgehead atoms. The molecule has 1 rings (SSSR count). The van der Waals surface area contributed by atoms with Crippen molar-refractivity contribution < 1.29 is 19.1 Å². The molecule has 0 unspecified atom stereocenters. The third kappa shape index (κ3) is 2.51. The maximum Gasteiger partial charge on any atom is 0.311 e. The summed E-state index contributed by atoms with van der Waals surface area (Å²) in [7, 11) is 0. The lowest BCUT2D eigenvalue weighted by Crippen LogP contribution is -2.09. The molecule has 0 aromatic heterocycles. The number of Topliss-reactive ketones (excluding diaryl/α,β-unsaturated/α-hetero) is 1. The van der Waals surface area contributed by atoms with Crippen LogP contribution in [0, 0.1) is 12.7 Å². The summed E-state index contributed by atoms with van der Waals surface area (Å²) in [6, 6.07) is 0.850. The van der Waals surface area contributed by atoms with Gasteiger partial charge in [0.25, 0.3) is 0 Å². The summed E-state index contributed by atoms with van der Waals surface area (Å²) >= 11 is 11.4. The van der Waals surface area contributed by atoms with Gasteiger partial charge in [-0.2, -0.15) is 0 Å². The van der Waals surface area contributed by atoms with Gasteiger partial charge in [-0.15, -0.1) is 0 Å². The summed E-state index contributed by atoms with van der Waals surface area (Å²) in [6.45, 7) is 1.45. The molecule has 0 aliphatic rings. The van der Waals surface area contributed by atoms with Crippen molar-refractivity contribution in [1.29, 1.82) is 0 Å². The predicted molar refractivity (Wildman–Crippen MR) is 57.7 cm³/mol. The zero-order valence-corrected chi connectivity index (χ0v) is 9.69. The first kappa shape index (κ1) is 12.9. The molecule has 1 aromatic carbocycles. The first-order valence-electron chi connectivity index (χ1n) is 4.23. The molecule has 1 N–H and O–H groups in total. The zero-order valence-electron chi connectivity index (χ0n) is 8.18. The van der Waals surface area contributed by atoms with Gasteiger partial charge in [0.2, 0.25) is 0 Å². The summed E-state index contributed by atoms with van der Waals surface area (Å²) in [5.74, 6) is -2.84. The second-order valence-corrected chi connectivity index (χ2v) is 3.91. The molecule has 0 saturated heterocycles. The monoisotopic (exact) mass is 264 g/mol. The molecule has 0 aliphatic carbocycles. The van der Waals surface area contributed by atoms with Crippen LogP contribution < -0.4 is 0 Å². The van der Waals surface area contributed by atoms with Crippen molar-refractivity contribution >= 4 is 35.0 Å². The molecule has 3 nitrogen and oxygen atoms in total. The van der Waals surface area contributed by atoms with Gasteiger partial charge >= 0.3 is 5.97 Å². The van der Waals surface area contributed by atoms with Crippen LogP contribution in [0.15, 0.2) is 6.07 Å². The quantitative estimate of drug-likeness (QED) is 0.519. The van der Waals surface area contributed by atoms with E-state index in [4.69, 9.17) is 28.3 Å². The molecule has 86 valence electrons. The highest BCUT2D eigenvalue weighted by Gasteiger charge is 2.19. The third-order valence-electron chi connectivity index (χ3n) is 1.99. The molecule has 16 heavy (non-hydrogen) atoms. The third-order valence-corrected chi connectivity index (χ3v) is 2.94. The second-order valence-electron chi connectivity index (χ2n) is 3.15. The van der Waals surface area contributed by atoms with Crippen LogP contribution in [0.2, 0.25) is 10.0 Å². The number of halogens is 3. The molecule has 0 fully saturated rings. The van der Waals surface area contributed by atoms with Crippen molar-refractivity contribution in [3.8, 4) is 0 Å². The van der Waals surface area contributed by atoms with Crippen LogP contribution in [-0.4, -0.2) is 16.9 Å². The average Bonchev–Trinajstić information content (AvgIpc) is 2.19. The van der Waals surface area contributed by atoms with Crippen molar-refractivity contribution in [1.82, 2.24) is 0 Å². The number of carboxylic acids is 1. The number of hydrogen-bond acceptors (Lipinski definition) is 2. The fourth-order valence-electron chi connectivity index (χ4n) is 1.17. The minimum Gasteiger partial charge on any atom is -0.481 e. The van der Waals surface area contributed by atoms with E-state index in [1.54, 1.807) is 0 Å². The minimum atomic E-state index is -1.30. The van der Waals surface area contributed by atoms with Crippen molar-refractivity contribution in [3.63, 3.8) is 0 Å². The molecular weight excluding hydrogens is 258 g/mol. The summed E-state index contributed by atoms with van der Waals surface area (Å²) in [5.41, 5.74) is 0.0561. The molecule has 0 atom stereocenters. The van der Waals surface area contributed by atoms with E-state index >= 15 is 0 Å². The van der Waals surface area contributed by atoms with Crippen molar-refractivity contribution in [2.24, 2.45) is 0 Å². The Kier molecular flexibility index (Phi) is 3.88. The number of carbonyl (C=O) groups excluding carboxylic acids is 1. The fraction of sp³-hybridized carbons (Fsp3) is 0.200. The van der Waals surface area contributed by atoms with Gasteiger partial charge in [-0.1, -0.05) is 23.2 Å². The van der Waals surface area contributed by atoms with E-state index in [0.717, 1.165) is 6.07 Å². The van der Waals surface area contributed by atoms with Crippen LogP contribution >= 0.6 is 23.2 Å². The van der Waals surface area contributed by atoms with Crippen LogP contribution in [0.3, 0.4) is 0 Å². The van der Waals surface area contributed by atoms with E-state index in [2.05, 4.69) is 0 Å². The van der Waals surface area contributed by atoms with Crippen molar-refractivity contribution in [2.75, 3.05) is 0 Å². The average molecular weight is 265 g/mol. The Bertz CT molecular complexity index is 472. The first-order valence-corrected chi connectivity index (χ1v) is 4.99. The number of rotatable bonds is 3. The highest BCUT2D eigenvalue weighted by Crippen LogP contribution is 2.30. The van der Waals surface area contributed by atoms with E-state index in [1.165, 1.54) is 6.92 Å². The number of aliphatic carboxylic acids is 1. The Balaban J connectivity index is 3.25. The van der Waals surface area contributed by atoms with E-state index in [0.29, 0.717) is 0 Å². The number of carbonyl (C=O) groups is 2. The van der Waals surface area contributed by atoms with Crippen LogP contribution in [0.4, 0.5) is 4.39 Å². The van der Waals surface area contributed by atoms with Gasteiger partial charge < -0.3 is 5.11 Å². The largest absolute Gasteiger partial charge is 0.481 e. The van der Waals surface area contributed by atoms with Crippen LogP contribution in [0.5, 0.6) is 0 Å². The van der Waals surface area contributed by atoms with Gasteiger partial charge in [-0.3, -0.25) is 9.59 Å². The molecule has 0 amide bonds. The lowest BCUT2D eigenvalue weighted by Gasteiger charge is -2.07. The van der Waals surface area contributed by atoms with Gasteiger partial charge in [-0.05, 0) is 18.6 Å². The Morgan fingerprint density at radius 2 is 1.94 bits per heavy atom. The standard InChI is InChI=1S/C10H7Cl2FO3/c1-4-9(11)5(2-6(13)10(4)12)7(14)3-8(15)16/h2H,3H2,1H3,(H,15,16). The summed E-state index contributed by atoms with van der Waals surface area (Å²) in [6.07, 6.45) is -0.736. The van der Waals surface area contributed by atoms with Crippen LogP contribution in [0.1, 0.15) is 22.3 Å². The molecular formula is C10H7Cl2FO3. The summed E-state index contributed by atoms with van der Waals surface area (Å²) < 4.78 is 13.2. The Labute approximate surface area is 101 Å². The van der Waals surface area contributed by atoms with Gasteiger partial charge in [-0.25, -0.2) is 4.39 Å². The number of benzene rings is 1. The molecule has 0 radical (unpaired) electrons. The van der Waals surface area contributed by atoms with Gasteiger partial charge in [0.1, 0.15) is 12.2 Å². The number of carboxylic acid groups (broad SMARTS) is 1. The Morgan fingerprint density at radius 3 is 2.44 bits per heavy atom. The van der Waals surface area contributed by atoms with E-state index in [9.17, 15) is 14.0 Å². The van der Waals surface area contributed by atoms with Crippen molar-refractivity contribution in [2.45, 2.75) is 13.3 Å². The predicted octanol–water partition coefficient (Wildman–Crippen LogP) is 3.10. The molecule has 1 aromatic rings. The highest BCUT2D eigenvalue weighted by atomic mass is 35.5.